The highest BCUT2D eigenvalue weighted by atomic mass is 14.9. The molecule has 3 aromatic rings. The summed E-state index contributed by atoms with van der Waals surface area (Å²) in [5.74, 6) is 1.23. The zero-order chi connectivity index (χ0) is 20.5. The quantitative estimate of drug-likeness (QED) is 0.406. The van der Waals surface area contributed by atoms with E-state index in [0.717, 1.165) is 25.8 Å². The smallest absolute Gasteiger partial charge is 0.0325 e. The van der Waals surface area contributed by atoms with Gasteiger partial charge in [-0.2, -0.15) is 0 Å². The lowest BCUT2D eigenvalue weighted by Crippen LogP contribution is -2.31. The Morgan fingerprint density at radius 2 is 1.21 bits per heavy atom. The first kappa shape index (κ1) is 21.3. The second-order valence-corrected chi connectivity index (χ2v) is 8.69. The highest BCUT2D eigenvalue weighted by Gasteiger charge is 2.18. The normalized spacial score (nSPS) is 12.4. The Hall–Kier alpha value is -2.38. The van der Waals surface area contributed by atoms with E-state index >= 15 is 0 Å². The second kappa shape index (κ2) is 11.0. The predicted octanol–water partition coefficient (Wildman–Crippen LogP) is 6.77. The molecular formula is C28H35N. The maximum atomic E-state index is 3.95. The van der Waals surface area contributed by atoms with Gasteiger partial charge in [0.15, 0.2) is 0 Å². The maximum absolute atomic E-state index is 3.95. The molecule has 0 fully saturated rings. The average molecular weight is 386 g/mol. The maximum Gasteiger partial charge on any atom is 0.0325 e. The molecule has 0 saturated carbocycles. The lowest BCUT2D eigenvalue weighted by atomic mass is 9.90. The van der Waals surface area contributed by atoms with Crippen LogP contribution in [0.4, 0.5) is 0 Å². The molecule has 0 amide bonds. The molecule has 3 rings (SSSR count). The highest BCUT2D eigenvalue weighted by Crippen LogP contribution is 2.25. The third kappa shape index (κ3) is 6.87. The van der Waals surface area contributed by atoms with Crippen LogP contribution in [0.2, 0.25) is 0 Å². The van der Waals surface area contributed by atoms with E-state index in [2.05, 4.69) is 111 Å². The Balaban J connectivity index is 1.74. The summed E-state index contributed by atoms with van der Waals surface area (Å²) in [5, 5.41) is 3.95. The van der Waals surface area contributed by atoms with Gasteiger partial charge in [-0.3, -0.25) is 0 Å². The minimum atomic E-state index is 0.408. The van der Waals surface area contributed by atoms with Crippen LogP contribution < -0.4 is 5.32 Å². The van der Waals surface area contributed by atoms with Gasteiger partial charge in [0.05, 0.1) is 0 Å². The SMILES string of the molecule is Cc1ccccc1C(CC(C)C)NCC(Cc1ccccc1)Cc1ccccc1. The summed E-state index contributed by atoms with van der Waals surface area (Å²) in [6.07, 6.45) is 3.37. The van der Waals surface area contributed by atoms with E-state index in [4.69, 9.17) is 0 Å². The molecule has 0 radical (unpaired) electrons. The fourth-order valence-corrected chi connectivity index (χ4v) is 4.19. The highest BCUT2D eigenvalue weighted by molar-refractivity contribution is 5.29. The van der Waals surface area contributed by atoms with E-state index < -0.39 is 0 Å². The van der Waals surface area contributed by atoms with Crippen molar-refractivity contribution in [3.63, 3.8) is 0 Å². The van der Waals surface area contributed by atoms with Crippen LogP contribution in [0.3, 0.4) is 0 Å². The molecule has 0 aliphatic heterocycles. The van der Waals surface area contributed by atoms with Crippen molar-refractivity contribution in [3.8, 4) is 0 Å². The van der Waals surface area contributed by atoms with Crippen LogP contribution >= 0.6 is 0 Å². The van der Waals surface area contributed by atoms with Crippen LogP contribution in [-0.4, -0.2) is 6.54 Å². The molecule has 0 aliphatic carbocycles. The topological polar surface area (TPSA) is 12.0 Å². The first-order valence-electron chi connectivity index (χ1n) is 11.0. The lowest BCUT2D eigenvalue weighted by molar-refractivity contribution is 0.381. The van der Waals surface area contributed by atoms with Gasteiger partial charge < -0.3 is 5.32 Å². The van der Waals surface area contributed by atoms with Gasteiger partial charge in [-0.15, -0.1) is 0 Å². The molecule has 0 heterocycles. The number of hydrogen-bond donors (Lipinski definition) is 1. The molecule has 1 heteroatoms. The molecule has 0 spiro atoms. The largest absolute Gasteiger partial charge is 0.310 e. The Morgan fingerprint density at radius 3 is 1.72 bits per heavy atom. The summed E-state index contributed by atoms with van der Waals surface area (Å²) >= 11 is 0. The lowest BCUT2D eigenvalue weighted by Gasteiger charge is -2.26. The van der Waals surface area contributed by atoms with E-state index in [0.29, 0.717) is 17.9 Å². The van der Waals surface area contributed by atoms with Gasteiger partial charge in [0.1, 0.15) is 0 Å². The van der Waals surface area contributed by atoms with Crippen molar-refractivity contribution in [1.29, 1.82) is 0 Å². The zero-order valence-corrected chi connectivity index (χ0v) is 18.1. The Morgan fingerprint density at radius 1 is 0.690 bits per heavy atom. The van der Waals surface area contributed by atoms with Crippen LogP contribution in [-0.2, 0) is 12.8 Å². The Labute approximate surface area is 177 Å². The molecule has 0 bridgehead atoms. The van der Waals surface area contributed by atoms with Crippen LogP contribution in [0.25, 0.3) is 0 Å². The number of benzene rings is 3. The minimum absolute atomic E-state index is 0.408. The van der Waals surface area contributed by atoms with Gasteiger partial charge in [0, 0.05) is 6.04 Å². The number of nitrogens with one attached hydrogen (secondary N) is 1. The fourth-order valence-electron chi connectivity index (χ4n) is 4.19. The molecule has 152 valence electrons. The zero-order valence-electron chi connectivity index (χ0n) is 18.1. The van der Waals surface area contributed by atoms with Crippen molar-refractivity contribution in [1.82, 2.24) is 5.32 Å². The van der Waals surface area contributed by atoms with Crippen molar-refractivity contribution in [2.45, 2.75) is 46.1 Å². The van der Waals surface area contributed by atoms with Crippen molar-refractivity contribution in [2.75, 3.05) is 6.54 Å². The summed E-state index contributed by atoms with van der Waals surface area (Å²) in [6, 6.07) is 31.1. The number of hydrogen-bond acceptors (Lipinski definition) is 1. The molecule has 1 atom stereocenters. The van der Waals surface area contributed by atoms with Crippen LogP contribution in [0, 0.1) is 18.8 Å². The van der Waals surface area contributed by atoms with E-state index in [1.165, 1.54) is 22.3 Å². The molecule has 0 aromatic heterocycles. The summed E-state index contributed by atoms with van der Waals surface area (Å²) in [4.78, 5) is 0. The third-order valence-electron chi connectivity index (χ3n) is 5.66. The van der Waals surface area contributed by atoms with E-state index in [-0.39, 0.29) is 0 Å². The van der Waals surface area contributed by atoms with Crippen molar-refractivity contribution in [3.05, 3.63) is 107 Å². The van der Waals surface area contributed by atoms with Gasteiger partial charge in [0.25, 0.3) is 0 Å². The first-order valence-corrected chi connectivity index (χ1v) is 11.0. The molecule has 0 saturated heterocycles. The summed E-state index contributed by atoms with van der Waals surface area (Å²) < 4.78 is 0. The molecule has 0 aliphatic rings. The van der Waals surface area contributed by atoms with Gasteiger partial charge in [-0.1, -0.05) is 98.8 Å². The van der Waals surface area contributed by atoms with Crippen LogP contribution in [0.5, 0.6) is 0 Å². The monoisotopic (exact) mass is 385 g/mol. The van der Waals surface area contributed by atoms with Gasteiger partial charge in [-0.25, -0.2) is 0 Å². The Kier molecular flexibility index (Phi) is 8.07. The molecule has 1 nitrogen and oxygen atoms in total. The summed E-state index contributed by atoms with van der Waals surface area (Å²) in [5.41, 5.74) is 5.67. The standard InChI is InChI=1S/C28H35N/c1-22(2)18-28(27-17-11-10-12-23(27)3)29-21-26(19-24-13-6-4-7-14-24)20-25-15-8-5-9-16-25/h4-17,22,26,28-29H,18-21H2,1-3H3. The summed E-state index contributed by atoms with van der Waals surface area (Å²) in [6.45, 7) is 7.89. The minimum Gasteiger partial charge on any atom is -0.310 e. The summed E-state index contributed by atoms with van der Waals surface area (Å²) in [7, 11) is 0. The van der Waals surface area contributed by atoms with Crippen molar-refractivity contribution >= 4 is 0 Å². The first-order chi connectivity index (χ1) is 14.1. The fraction of sp³-hybridized carbons (Fsp3) is 0.357. The Bertz CT molecular complexity index is 797. The van der Waals surface area contributed by atoms with Gasteiger partial charge in [0.2, 0.25) is 0 Å². The molecule has 1 unspecified atom stereocenters. The third-order valence-corrected chi connectivity index (χ3v) is 5.66. The predicted molar refractivity (Wildman–Crippen MR) is 125 cm³/mol. The number of aryl methyl sites for hydroxylation is 1. The molecule has 3 aromatic carbocycles. The number of rotatable bonds is 10. The molecule has 29 heavy (non-hydrogen) atoms. The molecular weight excluding hydrogens is 350 g/mol. The van der Waals surface area contributed by atoms with E-state index in [1.54, 1.807) is 0 Å². The van der Waals surface area contributed by atoms with E-state index in [1.807, 2.05) is 0 Å². The van der Waals surface area contributed by atoms with Crippen LogP contribution in [0.1, 0.15) is 48.6 Å². The average Bonchev–Trinajstić information content (AvgIpc) is 2.73. The van der Waals surface area contributed by atoms with Crippen molar-refractivity contribution < 1.29 is 0 Å². The second-order valence-electron chi connectivity index (χ2n) is 8.69. The van der Waals surface area contributed by atoms with Crippen molar-refractivity contribution in [2.24, 2.45) is 11.8 Å². The van der Waals surface area contributed by atoms with E-state index in [9.17, 15) is 0 Å². The van der Waals surface area contributed by atoms with Crippen LogP contribution in [0.15, 0.2) is 84.9 Å². The molecule has 1 N–H and O–H groups in total. The van der Waals surface area contributed by atoms with Gasteiger partial charge in [-0.05, 0) is 66.8 Å². The van der Waals surface area contributed by atoms with Gasteiger partial charge >= 0.3 is 0 Å².